The Hall–Kier alpha value is -1.40. The minimum atomic E-state index is -0.324. The van der Waals surface area contributed by atoms with Gasteiger partial charge in [0.05, 0.1) is 18.6 Å². The number of hydrogen-bond acceptors (Lipinski definition) is 4. The third-order valence-corrected chi connectivity index (χ3v) is 2.56. The fraction of sp³-hybridized carbons (Fsp3) is 0.636. The predicted molar refractivity (Wildman–Crippen MR) is 64.4 cm³/mol. The van der Waals surface area contributed by atoms with Gasteiger partial charge in [-0.1, -0.05) is 0 Å². The van der Waals surface area contributed by atoms with Crippen molar-refractivity contribution in [1.29, 1.82) is 0 Å². The highest BCUT2D eigenvalue weighted by Gasteiger charge is 2.18. The van der Waals surface area contributed by atoms with Crippen molar-refractivity contribution < 1.29 is 9.53 Å². The number of nitrogens with two attached hydrogens (primary N) is 1. The lowest BCUT2D eigenvalue weighted by Gasteiger charge is -2.17. The fourth-order valence-electron chi connectivity index (χ4n) is 1.54. The molecule has 3 N–H and O–H groups in total. The maximum absolute atomic E-state index is 11.8. The molecule has 0 bridgehead atoms. The Kier molecular flexibility index (Phi) is 5.11. The first-order chi connectivity index (χ1) is 8.07. The highest BCUT2D eigenvalue weighted by Crippen LogP contribution is 2.15. The number of ether oxygens (including phenoxy) is 1. The first-order valence-corrected chi connectivity index (χ1v) is 5.62. The molecule has 1 aromatic heterocycles. The van der Waals surface area contributed by atoms with E-state index in [0.29, 0.717) is 13.2 Å². The zero-order valence-electron chi connectivity index (χ0n) is 10.5. The molecule has 17 heavy (non-hydrogen) atoms. The molecule has 0 fully saturated rings. The third-order valence-electron chi connectivity index (χ3n) is 2.56. The van der Waals surface area contributed by atoms with E-state index >= 15 is 0 Å². The molecular formula is C11H20N4O2. The van der Waals surface area contributed by atoms with Crippen molar-refractivity contribution in [2.45, 2.75) is 25.9 Å². The van der Waals surface area contributed by atoms with Crippen molar-refractivity contribution >= 4 is 5.91 Å². The second-order valence-corrected chi connectivity index (χ2v) is 3.97. The summed E-state index contributed by atoms with van der Waals surface area (Å²) in [5.74, 6) is -0.0676. The molecule has 1 aromatic rings. The third kappa shape index (κ3) is 3.54. The van der Waals surface area contributed by atoms with Gasteiger partial charge in [-0.2, -0.15) is 0 Å². The van der Waals surface area contributed by atoms with Crippen LogP contribution in [-0.2, 0) is 9.53 Å². The number of rotatable bonds is 6. The van der Waals surface area contributed by atoms with Crippen LogP contribution in [0.1, 0.15) is 31.6 Å². The van der Waals surface area contributed by atoms with E-state index in [2.05, 4.69) is 10.3 Å². The van der Waals surface area contributed by atoms with E-state index in [0.717, 1.165) is 5.69 Å². The van der Waals surface area contributed by atoms with Gasteiger partial charge in [0.15, 0.2) is 0 Å². The predicted octanol–water partition coefficient (Wildman–Crippen LogP) is 0.226. The summed E-state index contributed by atoms with van der Waals surface area (Å²) < 4.78 is 6.66. The van der Waals surface area contributed by atoms with Crippen LogP contribution in [0.25, 0.3) is 0 Å². The van der Waals surface area contributed by atoms with E-state index in [4.69, 9.17) is 10.5 Å². The summed E-state index contributed by atoms with van der Waals surface area (Å²) >= 11 is 0. The number of carbonyl (C=O) groups excluding carboxylic acids is 1. The minimum absolute atomic E-state index is 0.0676. The number of amides is 1. The van der Waals surface area contributed by atoms with Gasteiger partial charge in [-0.3, -0.25) is 4.79 Å². The number of carbonyl (C=O) groups is 1. The highest BCUT2D eigenvalue weighted by atomic mass is 16.5. The zero-order valence-corrected chi connectivity index (χ0v) is 10.5. The molecule has 96 valence electrons. The summed E-state index contributed by atoms with van der Waals surface area (Å²) in [6, 6.07) is -0.470. The summed E-state index contributed by atoms with van der Waals surface area (Å²) in [7, 11) is 1.60. The lowest BCUT2D eigenvalue weighted by molar-refractivity contribution is -0.124. The maximum atomic E-state index is 11.8. The lowest BCUT2D eigenvalue weighted by atomic mass is 10.2. The number of nitrogens with zero attached hydrogens (tertiary/aromatic N) is 2. The number of nitrogens with one attached hydrogen (secondary N) is 1. The quantitative estimate of drug-likeness (QED) is 0.697. The van der Waals surface area contributed by atoms with Gasteiger partial charge in [-0.15, -0.1) is 0 Å². The maximum Gasteiger partial charge on any atom is 0.242 e. The number of hydrogen-bond donors (Lipinski definition) is 2. The van der Waals surface area contributed by atoms with Gasteiger partial charge < -0.3 is 20.4 Å². The van der Waals surface area contributed by atoms with E-state index in [1.807, 2.05) is 13.8 Å². The molecule has 0 aliphatic carbocycles. The normalized spacial score (nSPS) is 14.4. The summed E-state index contributed by atoms with van der Waals surface area (Å²) in [4.78, 5) is 15.9. The monoisotopic (exact) mass is 240 g/mol. The van der Waals surface area contributed by atoms with Crippen molar-refractivity contribution in [3.63, 3.8) is 0 Å². The average molecular weight is 240 g/mol. The van der Waals surface area contributed by atoms with Crippen LogP contribution in [0.5, 0.6) is 0 Å². The second-order valence-electron chi connectivity index (χ2n) is 3.97. The van der Waals surface area contributed by atoms with E-state index in [1.165, 1.54) is 0 Å². The minimum Gasteiger partial charge on any atom is -0.383 e. The molecular weight excluding hydrogens is 220 g/mol. The molecule has 2 atom stereocenters. The summed E-state index contributed by atoms with van der Waals surface area (Å²) in [5.41, 5.74) is 6.65. The van der Waals surface area contributed by atoms with Crippen LogP contribution in [0.15, 0.2) is 12.5 Å². The number of aromatic nitrogens is 2. The SMILES string of the molecule is COCCNC(=O)C(C)n1cncc1[C@H](C)N. The fourth-order valence-corrected chi connectivity index (χ4v) is 1.54. The van der Waals surface area contributed by atoms with Crippen LogP contribution in [-0.4, -0.2) is 35.7 Å². The smallest absolute Gasteiger partial charge is 0.242 e. The van der Waals surface area contributed by atoms with Gasteiger partial charge in [0.25, 0.3) is 0 Å². The Morgan fingerprint density at radius 2 is 2.35 bits per heavy atom. The Morgan fingerprint density at radius 1 is 1.65 bits per heavy atom. The molecule has 0 saturated heterocycles. The van der Waals surface area contributed by atoms with Crippen LogP contribution in [0, 0.1) is 0 Å². The van der Waals surface area contributed by atoms with Crippen molar-refractivity contribution in [2.75, 3.05) is 20.3 Å². The van der Waals surface area contributed by atoms with E-state index in [9.17, 15) is 4.79 Å². The molecule has 0 aromatic carbocycles. The zero-order chi connectivity index (χ0) is 12.8. The van der Waals surface area contributed by atoms with Crippen LogP contribution < -0.4 is 11.1 Å². The van der Waals surface area contributed by atoms with Gasteiger partial charge in [-0.05, 0) is 13.8 Å². The van der Waals surface area contributed by atoms with E-state index in [1.54, 1.807) is 24.2 Å². The molecule has 1 heterocycles. The summed E-state index contributed by atoms with van der Waals surface area (Å²) in [6.07, 6.45) is 3.31. The van der Waals surface area contributed by atoms with Crippen LogP contribution in [0.3, 0.4) is 0 Å². The summed E-state index contributed by atoms with van der Waals surface area (Å²) in [5, 5.41) is 2.78. The molecule has 0 spiro atoms. The molecule has 0 aliphatic heterocycles. The topological polar surface area (TPSA) is 82.2 Å². The van der Waals surface area contributed by atoms with Gasteiger partial charge in [0, 0.05) is 25.9 Å². The number of methoxy groups -OCH3 is 1. The van der Waals surface area contributed by atoms with Crippen molar-refractivity contribution in [3.05, 3.63) is 18.2 Å². The summed E-state index contributed by atoms with van der Waals surface area (Å²) in [6.45, 7) is 4.68. The van der Waals surface area contributed by atoms with Gasteiger partial charge >= 0.3 is 0 Å². The molecule has 1 unspecified atom stereocenters. The number of imidazole rings is 1. The van der Waals surface area contributed by atoms with Crippen molar-refractivity contribution in [2.24, 2.45) is 5.73 Å². The molecule has 1 amide bonds. The Morgan fingerprint density at radius 3 is 2.94 bits per heavy atom. The van der Waals surface area contributed by atoms with Gasteiger partial charge in [0.1, 0.15) is 6.04 Å². The van der Waals surface area contributed by atoms with Crippen molar-refractivity contribution in [3.8, 4) is 0 Å². The van der Waals surface area contributed by atoms with E-state index < -0.39 is 0 Å². The van der Waals surface area contributed by atoms with Gasteiger partial charge in [-0.25, -0.2) is 4.98 Å². The Labute approximate surface area is 101 Å². The van der Waals surface area contributed by atoms with E-state index in [-0.39, 0.29) is 18.0 Å². The molecule has 6 heteroatoms. The highest BCUT2D eigenvalue weighted by molar-refractivity contribution is 5.79. The molecule has 0 aliphatic rings. The van der Waals surface area contributed by atoms with Crippen LogP contribution in [0.2, 0.25) is 0 Å². The first kappa shape index (κ1) is 13.7. The first-order valence-electron chi connectivity index (χ1n) is 5.62. The average Bonchev–Trinajstić information content (AvgIpc) is 2.77. The standard InChI is InChI=1S/C11H20N4O2/c1-8(12)10-6-13-7-15(10)9(2)11(16)14-4-5-17-3/h6-9H,4-5,12H2,1-3H3,(H,14,16)/t8-,9?/m0/s1. The van der Waals surface area contributed by atoms with Crippen LogP contribution >= 0.6 is 0 Å². The molecule has 0 radical (unpaired) electrons. The van der Waals surface area contributed by atoms with Gasteiger partial charge in [0.2, 0.25) is 5.91 Å². The largest absolute Gasteiger partial charge is 0.383 e. The Bertz CT molecular complexity index is 362. The molecule has 1 rings (SSSR count). The van der Waals surface area contributed by atoms with Crippen molar-refractivity contribution in [1.82, 2.24) is 14.9 Å². The Balaban J connectivity index is 2.65. The lowest BCUT2D eigenvalue weighted by Crippen LogP contribution is -2.34. The molecule has 6 nitrogen and oxygen atoms in total. The molecule has 0 saturated carbocycles. The second kappa shape index (κ2) is 6.36. The van der Waals surface area contributed by atoms with Crippen LogP contribution in [0.4, 0.5) is 0 Å².